The highest BCUT2D eigenvalue weighted by Crippen LogP contribution is 2.38. The van der Waals surface area contributed by atoms with Gasteiger partial charge in [0.1, 0.15) is 5.65 Å². The van der Waals surface area contributed by atoms with E-state index in [0.29, 0.717) is 29.4 Å². The summed E-state index contributed by atoms with van der Waals surface area (Å²) < 4.78 is 5.75. The molecule has 44 heavy (non-hydrogen) atoms. The Morgan fingerprint density at radius 2 is 1.61 bits per heavy atom. The third-order valence-corrected chi connectivity index (χ3v) is 9.91. The standard InChI is InChI=1S/C37H37N5O2/c1-41(2)37(43)32-4-3-15-38-35(32)25-8-6-24(7-9-25)34-20-40-36-33(34)17-28(19-39-36)27-10-5-23-11-13-29(14-12-26(23)16-27)42-30-18-31(42)22-44-21-30/h3-10,15-17,19-20,29-31H,11-14,18,21-22H2,1-2H3,(H,39,40)/t29-,30?,31?/m0/s1. The van der Waals surface area contributed by atoms with E-state index in [4.69, 9.17) is 9.72 Å². The van der Waals surface area contributed by atoms with Gasteiger partial charge < -0.3 is 14.6 Å². The molecule has 0 spiro atoms. The zero-order valence-electron chi connectivity index (χ0n) is 25.3. The Morgan fingerprint density at radius 3 is 2.39 bits per heavy atom. The van der Waals surface area contributed by atoms with Crippen LogP contribution in [0.2, 0.25) is 0 Å². The third-order valence-electron chi connectivity index (χ3n) is 9.91. The fraction of sp³-hybridized carbons (Fsp3) is 0.324. The first-order valence-corrected chi connectivity index (χ1v) is 15.8. The number of aromatic amines is 1. The molecule has 3 atom stereocenters. The van der Waals surface area contributed by atoms with E-state index in [1.54, 1.807) is 31.3 Å². The molecule has 0 saturated carbocycles. The second-order valence-corrected chi connectivity index (χ2v) is 12.7. The molecule has 2 aliphatic heterocycles. The fourth-order valence-corrected chi connectivity index (χ4v) is 7.59. The maximum atomic E-state index is 12.7. The zero-order chi connectivity index (χ0) is 29.8. The molecule has 222 valence electrons. The summed E-state index contributed by atoms with van der Waals surface area (Å²) in [6.07, 6.45) is 11.8. The molecule has 1 N–H and O–H groups in total. The van der Waals surface area contributed by atoms with Crippen molar-refractivity contribution < 1.29 is 9.53 Å². The van der Waals surface area contributed by atoms with Crippen LogP contribution < -0.4 is 0 Å². The van der Waals surface area contributed by atoms with Gasteiger partial charge in [0, 0.05) is 72.9 Å². The Bertz CT molecular complexity index is 1850. The lowest BCUT2D eigenvalue weighted by molar-refractivity contribution is -0.148. The van der Waals surface area contributed by atoms with Gasteiger partial charge in [-0.1, -0.05) is 42.5 Å². The molecule has 7 nitrogen and oxygen atoms in total. The van der Waals surface area contributed by atoms with Crippen LogP contribution in [-0.2, 0) is 17.6 Å². The smallest absolute Gasteiger partial charge is 0.255 e. The van der Waals surface area contributed by atoms with Gasteiger partial charge in [0.2, 0.25) is 0 Å². The number of rotatable bonds is 5. The van der Waals surface area contributed by atoms with Crippen LogP contribution >= 0.6 is 0 Å². The number of aryl methyl sites for hydroxylation is 2. The lowest BCUT2D eigenvalue weighted by Crippen LogP contribution is -2.66. The Labute approximate surface area is 257 Å². The number of carbonyl (C=O) groups is 1. The summed E-state index contributed by atoms with van der Waals surface area (Å²) in [5, 5.41) is 1.10. The van der Waals surface area contributed by atoms with Crippen LogP contribution in [-0.4, -0.2) is 76.1 Å². The highest BCUT2D eigenvalue weighted by molar-refractivity contribution is 6.00. The molecule has 5 heterocycles. The predicted molar refractivity (Wildman–Crippen MR) is 173 cm³/mol. The van der Waals surface area contributed by atoms with Crippen molar-refractivity contribution in [2.45, 2.75) is 50.2 Å². The number of carbonyl (C=O) groups excluding carboxylic acids is 1. The second-order valence-electron chi connectivity index (χ2n) is 12.7. The van der Waals surface area contributed by atoms with Gasteiger partial charge in [-0.05, 0) is 72.6 Å². The van der Waals surface area contributed by atoms with Gasteiger partial charge in [-0.3, -0.25) is 14.7 Å². The maximum Gasteiger partial charge on any atom is 0.255 e. The molecule has 2 bridgehead atoms. The number of hydrogen-bond acceptors (Lipinski definition) is 5. The average Bonchev–Trinajstić information content (AvgIpc) is 3.38. The molecule has 7 heteroatoms. The summed E-state index contributed by atoms with van der Waals surface area (Å²) in [4.78, 5) is 29.8. The summed E-state index contributed by atoms with van der Waals surface area (Å²) in [6, 6.07) is 23.1. The van der Waals surface area contributed by atoms with Crippen LogP contribution in [0.15, 0.2) is 79.3 Å². The molecular weight excluding hydrogens is 546 g/mol. The molecular formula is C37H37N5O2. The van der Waals surface area contributed by atoms with Crippen molar-refractivity contribution in [3.05, 3.63) is 95.9 Å². The molecule has 2 fully saturated rings. The number of pyridine rings is 2. The molecule has 2 saturated heterocycles. The van der Waals surface area contributed by atoms with E-state index in [-0.39, 0.29) is 5.91 Å². The number of fused-ring (bicyclic) bond motifs is 4. The van der Waals surface area contributed by atoms with Crippen LogP contribution in [0.25, 0.3) is 44.5 Å². The lowest BCUT2D eigenvalue weighted by Gasteiger charge is -2.56. The van der Waals surface area contributed by atoms with Gasteiger partial charge in [0.05, 0.1) is 24.5 Å². The van der Waals surface area contributed by atoms with Crippen molar-refractivity contribution in [1.29, 1.82) is 0 Å². The first kappa shape index (κ1) is 27.2. The van der Waals surface area contributed by atoms with E-state index < -0.39 is 0 Å². The van der Waals surface area contributed by atoms with Crippen molar-refractivity contribution >= 4 is 16.9 Å². The summed E-state index contributed by atoms with van der Waals surface area (Å²) in [7, 11) is 3.52. The van der Waals surface area contributed by atoms with Crippen LogP contribution in [0.4, 0.5) is 0 Å². The number of morpholine rings is 1. The minimum atomic E-state index is -0.0569. The number of hydrogen-bond donors (Lipinski definition) is 1. The molecule has 2 aromatic carbocycles. The summed E-state index contributed by atoms with van der Waals surface area (Å²) in [6.45, 7) is 1.82. The summed E-state index contributed by atoms with van der Waals surface area (Å²) >= 11 is 0. The van der Waals surface area contributed by atoms with Crippen molar-refractivity contribution in [1.82, 2.24) is 24.8 Å². The van der Waals surface area contributed by atoms with Crippen molar-refractivity contribution in [3.63, 3.8) is 0 Å². The van der Waals surface area contributed by atoms with Crippen molar-refractivity contribution in [3.8, 4) is 33.5 Å². The first-order chi connectivity index (χ1) is 21.5. The molecule has 3 aromatic heterocycles. The molecule has 1 amide bonds. The van der Waals surface area contributed by atoms with Crippen LogP contribution in [0.5, 0.6) is 0 Å². The summed E-state index contributed by atoms with van der Waals surface area (Å²) in [5.74, 6) is -0.0569. The number of amides is 1. The Kier molecular flexibility index (Phi) is 6.80. The monoisotopic (exact) mass is 583 g/mol. The third kappa shape index (κ3) is 4.71. The van der Waals surface area contributed by atoms with E-state index in [0.717, 1.165) is 59.3 Å². The van der Waals surface area contributed by atoms with Crippen LogP contribution in [0.3, 0.4) is 0 Å². The maximum absolute atomic E-state index is 12.7. The van der Waals surface area contributed by atoms with Crippen molar-refractivity contribution in [2.24, 2.45) is 0 Å². The molecule has 0 radical (unpaired) electrons. The molecule has 5 aromatic rings. The van der Waals surface area contributed by atoms with Gasteiger partial charge >= 0.3 is 0 Å². The number of ether oxygens (including phenoxy) is 1. The van der Waals surface area contributed by atoms with E-state index in [2.05, 4.69) is 51.3 Å². The first-order valence-electron chi connectivity index (χ1n) is 15.8. The molecule has 1 aliphatic carbocycles. The lowest BCUT2D eigenvalue weighted by atomic mass is 9.87. The number of benzene rings is 2. The summed E-state index contributed by atoms with van der Waals surface area (Å²) in [5.41, 5.74) is 10.6. The largest absolute Gasteiger partial charge is 0.378 e. The van der Waals surface area contributed by atoms with Gasteiger partial charge in [-0.25, -0.2) is 4.98 Å². The van der Waals surface area contributed by atoms with Gasteiger partial charge in [-0.2, -0.15) is 0 Å². The topological polar surface area (TPSA) is 74.4 Å². The van der Waals surface area contributed by atoms with E-state index in [9.17, 15) is 4.79 Å². The van der Waals surface area contributed by atoms with Crippen LogP contribution in [0.1, 0.15) is 40.7 Å². The Hall–Kier alpha value is -4.33. The average molecular weight is 584 g/mol. The fourth-order valence-electron chi connectivity index (χ4n) is 7.59. The minimum absolute atomic E-state index is 0.0569. The Balaban J connectivity index is 1.06. The predicted octanol–water partition coefficient (Wildman–Crippen LogP) is 6.38. The van der Waals surface area contributed by atoms with E-state index in [1.807, 2.05) is 30.6 Å². The van der Waals surface area contributed by atoms with Crippen LogP contribution in [0, 0.1) is 0 Å². The SMILES string of the molecule is CN(C)C(=O)c1cccnc1-c1ccc(-c2c[nH]c3ncc(-c4ccc5c(c4)CC[C@@H](N4C6COCC4C6)CC5)cc23)cc1. The molecule has 2 unspecified atom stereocenters. The Morgan fingerprint density at radius 1 is 0.864 bits per heavy atom. The van der Waals surface area contributed by atoms with E-state index >= 15 is 0 Å². The van der Waals surface area contributed by atoms with Crippen molar-refractivity contribution in [2.75, 3.05) is 27.3 Å². The second kappa shape index (κ2) is 11.0. The minimum Gasteiger partial charge on any atom is -0.378 e. The quantitative estimate of drug-likeness (QED) is 0.243. The normalized spacial score (nSPS) is 21.4. The number of aromatic nitrogens is 3. The number of nitrogens with zero attached hydrogens (tertiary/aromatic N) is 4. The number of nitrogens with one attached hydrogen (secondary N) is 1. The number of H-pyrrole nitrogens is 1. The van der Waals surface area contributed by atoms with Gasteiger partial charge in [0.15, 0.2) is 0 Å². The molecule has 8 rings (SSSR count). The van der Waals surface area contributed by atoms with Gasteiger partial charge in [-0.15, -0.1) is 0 Å². The highest BCUT2D eigenvalue weighted by Gasteiger charge is 2.45. The van der Waals surface area contributed by atoms with Gasteiger partial charge in [0.25, 0.3) is 5.91 Å². The molecule has 3 aliphatic rings. The highest BCUT2D eigenvalue weighted by atomic mass is 16.5. The van der Waals surface area contributed by atoms with E-state index in [1.165, 1.54) is 36.0 Å². The zero-order valence-corrected chi connectivity index (χ0v) is 25.3.